The normalized spacial score (nSPS) is 10.9. The van der Waals surface area contributed by atoms with E-state index in [4.69, 9.17) is 18.6 Å². The predicted octanol–water partition coefficient (Wildman–Crippen LogP) is 4.48. The number of fused-ring (bicyclic) bond motifs is 1. The number of furan rings is 1. The molecule has 0 bridgehead atoms. The highest BCUT2D eigenvalue weighted by Crippen LogP contribution is 2.40. The molecule has 2 aromatic carbocycles. The summed E-state index contributed by atoms with van der Waals surface area (Å²) in [5.74, 6) is 0.526. The molecule has 1 aromatic heterocycles. The summed E-state index contributed by atoms with van der Waals surface area (Å²) < 4.78 is 20.8. The summed E-state index contributed by atoms with van der Waals surface area (Å²) in [5.41, 5.74) is 2.71. The van der Waals surface area contributed by atoms with Gasteiger partial charge in [-0.2, -0.15) is 0 Å². The first kappa shape index (κ1) is 21.0. The predicted molar refractivity (Wildman–Crippen MR) is 111 cm³/mol. The quantitative estimate of drug-likeness (QED) is 0.306. The lowest BCUT2D eigenvalue weighted by atomic mass is 10.1. The van der Waals surface area contributed by atoms with E-state index in [9.17, 15) is 9.59 Å². The number of carbonyl (C=O) groups is 2. The highest BCUT2D eigenvalue weighted by atomic mass is 32.2. The van der Waals surface area contributed by atoms with E-state index in [1.807, 2.05) is 30.5 Å². The van der Waals surface area contributed by atoms with Gasteiger partial charge >= 0.3 is 11.9 Å². The van der Waals surface area contributed by atoms with Crippen molar-refractivity contribution in [1.29, 1.82) is 0 Å². The van der Waals surface area contributed by atoms with Crippen molar-refractivity contribution in [2.75, 3.05) is 27.1 Å². The van der Waals surface area contributed by atoms with Crippen molar-refractivity contribution in [2.45, 2.75) is 17.7 Å². The van der Waals surface area contributed by atoms with Crippen LogP contribution in [0.3, 0.4) is 0 Å². The van der Waals surface area contributed by atoms with Gasteiger partial charge in [-0.15, -0.1) is 11.8 Å². The van der Waals surface area contributed by atoms with E-state index in [0.29, 0.717) is 18.6 Å². The molecule has 0 amide bonds. The molecule has 0 aliphatic carbocycles. The van der Waals surface area contributed by atoms with Crippen LogP contribution in [0.4, 0.5) is 0 Å². The molecule has 3 rings (SSSR count). The first-order valence-electron chi connectivity index (χ1n) is 9.02. The van der Waals surface area contributed by atoms with Crippen molar-refractivity contribution in [3.8, 4) is 17.1 Å². The molecular formula is C22H22O6S. The van der Waals surface area contributed by atoms with E-state index in [1.165, 1.54) is 14.2 Å². The van der Waals surface area contributed by atoms with E-state index < -0.39 is 5.97 Å². The van der Waals surface area contributed by atoms with Crippen molar-refractivity contribution < 1.29 is 28.2 Å². The number of aryl methyl sites for hydroxylation is 1. The van der Waals surface area contributed by atoms with Crippen molar-refractivity contribution in [3.05, 3.63) is 48.0 Å². The summed E-state index contributed by atoms with van der Waals surface area (Å²) in [4.78, 5) is 24.0. The average molecular weight is 414 g/mol. The zero-order valence-electron chi connectivity index (χ0n) is 16.5. The highest BCUT2D eigenvalue weighted by Gasteiger charge is 2.16. The van der Waals surface area contributed by atoms with Gasteiger partial charge in [-0.1, -0.05) is 6.07 Å². The van der Waals surface area contributed by atoms with Crippen LogP contribution in [0.1, 0.15) is 12.0 Å². The number of ether oxygens (including phenoxy) is 3. The van der Waals surface area contributed by atoms with Crippen LogP contribution in [0, 0.1) is 0 Å². The molecule has 0 aliphatic rings. The summed E-state index contributed by atoms with van der Waals surface area (Å²) in [6.07, 6.45) is 2.94. The summed E-state index contributed by atoms with van der Waals surface area (Å²) in [6.45, 7) is -0.0970. The molecule has 0 saturated heterocycles. The van der Waals surface area contributed by atoms with E-state index in [-0.39, 0.29) is 12.6 Å². The number of esters is 2. The van der Waals surface area contributed by atoms with E-state index in [2.05, 4.69) is 6.07 Å². The van der Waals surface area contributed by atoms with Gasteiger partial charge in [-0.05, 0) is 54.6 Å². The molecule has 152 valence electrons. The molecule has 0 spiro atoms. The molecule has 6 nitrogen and oxygen atoms in total. The van der Waals surface area contributed by atoms with Crippen molar-refractivity contribution >= 4 is 34.7 Å². The lowest BCUT2D eigenvalue weighted by Gasteiger charge is -2.05. The second-order valence-corrected chi connectivity index (χ2v) is 7.12. The standard InChI is InChI=1S/C22H22O6S/c1-25-13-20(24)27-16-8-6-15(7-9-16)21-22(29-3)17-12-14(4-10-18(17)28-21)5-11-19(23)26-2/h4,6-10,12H,5,11,13H2,1-3H3. The Bertz CT molecular complexity index is 1010. The van der Waals surface area contributed by atoms with E-state index in [1.54, 1.807) is 23.9 Å². The van der Waals surface area contributed by atoms with Crippen molar-refractivity contribution in [1.82, 2.24) is 0 Å². The van der Waals surface area contributed by atoms with Crippen molar-refractivity contribution in [2.24, 2.45) is 0 Å². The first-order chi connectivity index (χ1) is 14.0. The molecule has 0 radical (unpaired) electrons. The molecule has 0 unspecified atom stereocenters. The minimum Gasteiger partial charge on any atom is -0.469 e. The van der Waals surface area contributed by atoms with Crippen LogP contribution in [-0.2, 0) is 25.5 Å². The zero-order chi connectivity index (χ0) is 20.8. The van der Waals surface area contributed by atoms with Gasteiger partial charge in [0.2, 0.25) is 0 Å². The van der Waals surface area contributed by atoms with Gasteiger partial charge in [-0.25, -0.2) is 4.79 Å². The van der Waals surface area contributed by atoms with Gasteiger partial charge in [0.1, 0.15) is 23.7 Å². The van der Waals surface area contributed by atoms with Crippen molar-refractivity contribution in [3.63, 3.8) is 0 Å². The Kier molecular flexibility index (Phi) is 6.95. The van der Waals surface area contributed by atoms with Gasteiger partial charge in [0, 0.05) is 24.5 Å². The van der Waals surface area contributed by atoms with Gasteiger partial charge in [0.25, 0.3) is 0 Å². The average Bonchev–Trinajstić information content (AvgIpc) is 3.10. The van der Waals surface area contributed by atoms with Crippen LogP contribution in [0.2, 0.25) is 0 Å². The molecule has 7 heteroatoms. The summed E-state index contributed by atoms with van der Waals surface area (Å²) >= 11 is 1.60. The van der Waals surface area contributed by atoms with Crippen LogP contribution in [-0.4, -0.2) is 39.0 Å². The molecule has 0 fully saturated rings. The molecular weight excluding hydrogens is 392 g/mol. The summed E-state index contributed by atoms with van der Waals surface area (Å²) in [5, 5.41) is 1.01. The molecule has 1 heterocycles. The Morgan fingerprint density at radius 2 is 1.79 bits per heavy atom. The second-order valence-electron chi connectivity index (χ2n) is 6.30. The SMILES string of the molecule is COCC(=O)Oc1ccc(-c2oc3ccc(CCC(=O)OC)cc3c2SC)cc1. The van der Waals surface area contributed by atoms with Crippen LogP contribution in [0.25, 0.3) is 22.3 Å². The molecule has 29 heavy (non-hydrogen) atoms. The topological polar surface area (TPSA) is 75.0 Å². The summed E-state index contributed by atoms with van der Waals surface area (Å²) in [6, 6.07) is 13.1. The van der Waals surface area contributed by atoms with Gasteiger partial charge in [0.05, 0.1) is 12.0 Å². The summed E-state index contributed by atoms with van der Waals surface area (Å²) in [7, 11) is 2.83. The minimum absolute atomic E-state index is 0.0970. The number of carbonyl (C=O) groups excluding carboxylic acids is 2. The monoisotopic (exact) mass is 414 g/mol. The lowest BCUT2D eigenvalue weighted by molar-refractivity contribution is -0.140. The van der Waals surface area contributed by atoms with Crippen LogP contribution in [0.5, 0.6) is 5.75 Å². The Hall–Kier alpha value is -2.77. The minimum atomic E-state index is -0.451. The second kappa shape index (κ2) is 9.62. The Labute approximate surface area is 173 Å². The van der Waals surface area contributed by atoms with Crippen LogP contribution in [0.15, 0.2) is 51.8 Å². The smallest absolute Gasteiger partial charge is 0.337 e. The maximum absolute atomic E-state index is 11.5. The van der Waals surface area contributed by atoms with Crippen LogP contribution >= 0.6 is 11.8 Å². The largest absolute Gasteiger partial charge is 0.469 e. The number of methoxy groups -OCH3 is 2. The third-order valence-corrected chi connectivity index (χ3v) is 5.18. The lowest BCUT2D eigenvalue weighted by Crippen LogP contribution is -2.13. The molecule has 0 N–H and O–H groups in total. The fourth-order valence-electron chi connectivity index (χ4n) is 2.97. The Morgan fingerprint density at radius 3 is 2.45 bits per heavy atom. The fraction of sp³-hybridized carbons (Fsp3) is 0.273. The van der Waals surface area contributed by atoms with E-state index >= 15 is 0 Å². The third kappa shape index (κ3) is 4.99. The number of rotatable bonds is 8. The number of hydrogen-bond donors (Lipinski definition) is 0. The van der Waals surface area contributed by atoms with Crippen LogP contribution < -0.4 is 4.74 Å². The Balaban J connectivity index is 1.87. The molecule has 3 aromatic rings. The van der Waals surface area contributed by atoms with Gasteiger partial charge in [-0.3, -0.25) is 4.79 Å². The molecule has 0 aliphatic heterocycles. The highest BCUT2D eigenvalue weighted by molar-refractivity contribution is 7.99. The molecule has 0 saturated carbocycles. The maximum Gasteiger partial charge on any atom is 0.337 e. The third-order valence-electron chi connectivity index (χ3n) is 4.37. The fourth-order valence-corrected chi connectivity index (χ4v) is 3.70. The number of hydrogen-bond acceptors (Lipinski definition) is 7. The Morgan fingerprint density at radius 1 is 1.03 bits per heavy atom. The van der Waals surface area contributed by atoms with Gasteiger partial charge in [0.15, 0.2) is 0 Å². The number of benzene rings is 2. The number of thioether (sulfide) groups is 1. The maximum atomic E-state index is 11.5. The van der Waals surface area contributed by atoms with E-state index in [0.717, 1.165) is 32.8 Å². The van der Waals surface area contributed by atoms with Gasteiger partial charge < -0.3 is 18.6 Å². The molecule has 0 atom stereocenters. The zero-order valence-corrected chi connectivity index (χ0v) is 17.3. The first-order valence-corrected chi connectivity index (χ1v) is 10.2.